The molecule has 4 amide bonds. The minimum Gasteiger partial charge on any atom is -0.451 e. The molecule has 0 aliphatic heterocycles. The SMILES string of the molecule is C/C(=C\c1cc(F)c(Oc2ccc(S(=O)(=O)NCCOCCOCCOCCNC(=O)CCOCCOCCOCCOCCOCCOCCOCCOCCOCCC(=O)NCCOCCOCCOCCNS(=O)(=O)c3ccc(Oc4c(F)cc(/C=C(\C)C(=O)N=C(N)N)cc4F)cc3)cc2)c(F)c1)C(=O)N=C(N)N. The van der Waals surface area contributed by atoms with Crippen molar-refractivity contribution in [1.82, 2.24) is 20.1 Å². The van der Waals surface area contributed by atoms with Crippen LogP contribution in [0.4, 0.5) is 17.6 Å². The van der Waals surface area contributed by atoms with Crippen LogP contribution >= 0.6 is 0 Å². The Kier molecular flexibility index (Phi) is 50.3. The number of carbonyl (C=O) groups excluding carboxylic acids is 4. The Balaban J connectivity index is 0.789. The minimum atomic E-state index is -3.95. The van der Waals surface area contributed by atoms with Gasteiger partial charge in [0.25, 0.3) is 11.8 Å². The number of sulfonamides is 2. The second-order valence-corrected chi connectivity index (χ2v) is 26.8. The second kappa shape index (κ2) is 58.5. The van der Waals surface area contributed by atoms with E-state index >= 15 is 0 Å². The Morgan fingerprint density at radius 1 is 0.345 bits per heavy atom. The van der Waals surface area contributed by atoms with Gasteiger partial charge in [0.15, 0.2) is 46.7 Å². The van der Waals surface area contributed by atoms with Crippen LogP contribution in [0.5, 0.6) is 23.0 Å². The summed E-state index contributed by atoms with van der Waals surface area (Å²) in [6, 6.07) is 13.5. The predicted molar refractivity (Wildman–Crippen MR) is 403 cm³/mol. The fourth-order valence-electron chi connectivity index (χ4n) is 8.80. The summed E-state index contributed by atoms with van der Waals surface area (Å²) in [4.78, 5) is 54.5. The molecular formula is C72H104F4N10O25S2. The van der Waals surface area contributed by atoms with Gasteiger partial charge in [0.1, 0.15) is 11.5 Å². The van der Waals surface area contributed by atoms with E-state index in [1.807, 2.05) is 0 Å². The predicted octanol–water partition coefficient (Wildman–Crippen LogP) is 2.75. The molecule has 632 valence electrons. The molecule has 0 radical (unpaired) electrons. The first-order chi connectivity index (χ1) is 54.4. The zero-order valence-electron chi connectivity index (χ0n) is 63.3. The molecule has 4 aromatic carbocycles. The van der Waals surface area contributed by atoms with Gasteiger partial charge in [-0.15, -0.1) is 0 Å². The van der Waals surface area contributed by atoms with Crippen LogP contribution in [-0.4, -0.2) is 277 Å². The van der Waals surface area contributed by atoms with Crippen LogP contribution in [0.25, 0.3) is 12.2 Å². The number of ether oxygens (including phenoxy) is 17. The van der Waals surface area contributed by atoms with E-state index in [1.54, 1.807) is 0 Å². The largest absolute Gasteiger partial charge is 0.451 e. The van der Waals surface area contributed by atoms with E-state index in [4.69, 9.17) is 103 Å². The van der Waals surface area contributed by atoms with E-state index in [2.05, 4.69) is 30.1 Å². The number of hydrogen-bond acceptors (Lipinski definition) is 25. The molecule has 12 N–H and O–H groups in total. The average Bonchev–Trinajstić information content (AvgIpc) is 0.825. The summed E-state index contributed by atoms with van der Waals surface area (Å²) in [7, 11) is -7.90. The summed E-state index contributed by atoms with van der Waals surface area (Å²) in [5.41, 5.74) is 20.8. The van der Waals surface area contributed by atoms with E-state index in [0.29, 0.717) is 119 Å². The molecule has 0 saturated heterocycles. The number of guanidine groups is 2. The maximum atomic E-state index is 14.8. The van der Waals surface area contributed by atoms with Crippen molar-refractivity contribution in [2.24, 2.45) is 32.9 Å². The van der Waals surface area contributed by atoms with Crippen LogP contribution in [0.15, 0.2) is 104 Å². The van der Waals surface area contributed by atoms with Crippen LogP contribution in [-0.2, 0) is 110 Å². The lowest BCUT2D eigenvalue weighted by Crippen LogP contribution is -2.28. The highest BCUT2D eigenvalue weighted by Gasteiger charge is 2.20. The van der Waals surface area contributed by atoms with Gasteiger partial charge in [0.05, 0.1) is 208 Å². The molecule has 0 aliphatic rings. The highest BCUT2D eigenvalue weighted by Crippen LogP contribution is 2.32. The molecule has 0 heterocycles. The molecule has 4 aromatic rings. The number of rotatable bonds is 66. The van der Waals surface area contributed by atoms with E-state index in [0.717, 1.165) is 24.3 Å². The molecule has 0 spiro atoms. The molecule has 0 bridgehead atoms. The summed E-state index contributed by atoms with van der Waals surface area (Å²) in [6.45, 7) is 12.5. The summed E-state index contributed by atoms with van der Waals surface area (Å²) in [5, 5.41) is 5.49. The highest BCUT2D eigenvalue weighted by molar-refractivity contribution is 7.89. The van der Waals surface area contributed by atoms with Gasteiger partial charge < -0.3 is 114 Å². The van der Waals surface area contributed by atoms with Crippen LogP contribution in [0.3, 0.4) is 0 Å². The lowest BCUT2D eigenvalue weighted by atomic mass is 10.1. The monoisotopic (exact) mass is 1650 g/mol. The van der Waals surface area contributed by atoms with Crippen molar-refractivity contribution in [1.29, 1.82) is 0 Å². The van der Waals surface area contributed by atoms with Crippen molar-refractivity contribution >= 4 is 67.7 Å². The molecule has 0 fully saturated rings. The first-order valence-corrected chi connectivity index (χ1v) is 38.8. The van der Waals surface area contributed by atoms with Crippen LogP contribution in [0.2, 0.25) is 0 Å². The fraction of sp³-hybridized carbons (Fsp3) is 0.528. The number of benzene rings is 4. The summed E-state index contributed by atoms with van der Waals surface area (Å²) < 4.78 is 208. The number of hydrogen-bond donors (Lipinski definition) is 8. The number of nitrogens with zero attached hydrogens (tertiary/aromatic N) is 2. The van der Waals surface area contributed by atoms with E-state index in [9.17, 15) is 53.6 Å². The maximum Gasteiger partial charge on any atom is 0.275 e. The smallest absolute Gasteiger partial charge is 0.275 e. The van der Waals surface area contributed by atoms with E-state index in [-0.39, 0.29) is 174 Å². The standard InChI is InChI=1S/C72H104F4N10O25S2/c1-53(69(89)85-71(77)78)47-55-49-61(73)67(62(74)50-55)110-57-3-7-59(8-4-57)112(91,92)83-15-21-99-27-33-103-31-25-97-19-13-81-65(87)11-17-95-23-29-101-35-37-105-39-41-107-43-45-109-46-44-108-42-40-106-38-36-102-30-24-96-18-12-66(88)82-14-20-98-26-32-104-34-28-100-22-16-84-113(93,94)60-9-5-58(6-10-60)111-68-63(75)51-56(52-64(68)76)48-54(2)70(90)86-72(79)80/h3-10,47-52,83-84H,11-46H2,1-2H3,(H,81,87)(H,82,88)(H4,77,78,85,89)(H4,79,80,86,90)/b53-47+,54-48+. The van der Waals surface area contributed by atoms with Crippen molar-refractivity contribution in [3.8, 4) is 23.0 Å². The Labute approximate surface area is 654 Å². The molecule has 0 unspecified atom stereocenters. The molecule has 35 nitrogen and oxygen atoms in total. The number of nitrogens with two attached hydrogens (primary N) is 4. The van der Waals surface area contributed by atoms with Crippen LogP contribution < -0.4 is 52.5 Å². The molecule has 113 heavy (non-hydrogen) atoms. The summed E-state index contributed by atoms with van der Waals surface area (Å²) in [5.74, 6) is -8.70. The van der Waals surface area contributed by atoms with E-state index in [1.165, 1.54) is 74.5 Å². The van der Waals surface area contributed by atoms with Gasteiger partial charge in [-0.1, -0.05) is 0 Å². The normalized spacial score (nSPS) is 11.9. The number of aliphatic imine (C=N–C) groups is 2. The van der Waals surface area contributed by atoms with Gasteiger partial charge in [0, 0.05) is 50.2 Å². The first kappa shape index (κ1) is 97.1. The van der Waals surface area contributed by atoms with Gasteiger partial charge in [-0.25, -0.2) is 43.8 Å². The molecule has 0 aliphatic carbocycles. The van der Waals surface area contributed by atoms with Crippen molar-refractivity contribution in [3.05, 3.63) is 118 Å². The summed E-state index contributed by atoms with van der Waals surface area (Å²) >= 11 is 0. The third kappa shape index (κ3) is 45.4. The van der Waals surface area contributed by atoms with Gasteiger partial charge >= 0.3 is 0 Å². The highest BCUT2D eigenvalue weighted by atomic mass is 32.2. The molecule has 4 rings (SSSR count). The zero-order chi connectivity index (χ0) is 82.2. The van der Waals surface area contributed by atoms with Crippen molar-refractivity contribution < 1.29 is 134 Å². The Hall–Kier alpha value is -8.28. The van der Waals surface area contributed by atoms with Gasteiger partial charge in [-0.3, -0.25) is 19.2 Å². The third-order valence-electron chi connectivity index (χ3n) is 14.3. The molecule has 41 heteroatoms. The van der Waals surface area contributed by atoms with E-state index < -0.39 is 78.5 Å². The molecule has 0 atom stereocenters. The Bertz CT molecular complexity index is 3510. The number of carbonyl (C=O) groups is 4. The number of nitrogens with one attached hydrogen (secondary N) is 4. The number of amides is 4. The third-order valence-corrected chi connectivity index (χ3v) is 17.2. The molecule has 0 saturated carbocycles. The molecule has 0 aromatic heterocycles. The van der Waals surface area contributed by atoms with Gasteiger partial charge in [0.2, 0.25) is 31.9 Å². The lowest BCUT2D eigenvalue weighted by Gasteiger charge is -2.11. The fourth-order valence-corrected chi connectivity index (χ4v) is 10.8. The molecular weight excluding hydrogens is 1540 g/mol. The van der Waals surface area contributed by atoms with Crippen LogP contribution in [0.1, 0.15) is 37.8 Å². The van der Waals surface area contributed by atoms with Crippen molar-refractivity contribution in [2.45, 2.75) is 36.5 Å². The lowest BCUT2D eigenvalue weighted by molar-refractivity contribution is -0.123. The zero-order valence-corrected chi connectivity index (χ0v) is 64.9. The quantitative estimate of drug-likeness (QED) is 0.0104. The topological polar surface area (TPSA) is 470 Å². The number of halogens is 4. The average molecular weight is 1650 g/mol. The van der Waals surface area contributed by atoms with Crippen molar-refractivity contribution in [3.63, 3.8) is 0 Å². The minimum absolute atomic E-state index is 0.0123. The summed E-state index contributed by atoms with van der Waals surface area (Å²) in [6.07, 6.45) is 2.74. The second-order valence-electron chi connectivity index (χ2n) is 23.3. The Morgan fingerprint density at radius 2 is 0.566 bits per heavy atom. The van der Waals surface area contributed by atoms with Gasteiger partial charge in [-0.05, 0) is 110 Å². The van der Waals surface area contributed by atoms with Gasteiger partial charge in [-0.2, -0.15) is 9.98 Å². The van der Waals surface area contributed by atoms with Crippen molar-refractivity contribution in [2.75, 3.05) is 224 Å². The first-order valence-electron chi connectivity index (χ1n) is 35.8. The van der Waals surface area contributed by atoms with Crippen LogP contribution in [0, 0.1) is 23.3 Å². The Morgan fingerprint density at radius 3 is 0.805 bits per heavy atom. The maximum absolute atomic E-state index is 14.8.